The van der Waals surface area contributed by atoms with E-state index in [1.54, 1.807) is 0 Å². The second-order valence-electron chi connectivity index (χ2n) is 5.43. The number of fused-ring (bicyclic) bond motifs is 1. The van der Waals surface area contributed by atoms with Crippen molar-refractivity contribution in [3.8, 4) is 0 Å². The molecule has 3 aliphatic carbocycles. The predicted octanol–water partition coefficient (Wildman–Crippen LogP) is 5.57. The summed E-state index contributed by atoms with van der Waals surface area (Å²) in [6.45, 7) is 3.92. The first-order valence-corrected chi connectivity index (χ1v) is 7.37. The molecule has 100 valence electrons. The van der Waals surface area contributed by atoms with Gasteiger partial charge in [-0.25, -0.2) is 0 Å². The van der Waals surface area contributed by atoms with Gasteiger partial charge in [0.25, 0.3) is 0 Å². The number of allylic oxidation sites excluding steroid dienone is 2. The van der Waals surface area contributed by atoms with Crippen molar-refractivity contribution in [3.63, 3.8) is 0 Å². The molecule has 1 nitrogen and oxygen atoms in total. The van der Waals surface area contributed by atoms with Crippen molar-refractivity contribution in [3.05, 3.63) is 42.9 Å². The minimum absolute atomic E-state index is 0.159. The summed E-state index contributed by atoms with van der Waals surface area (Å²) in [5, 5.41) is 1.25. The Morgan fingerprint density at radius 3 is 2.26 bits per heavy atom. The Hall–Kier alpha value is -0.210. The van der Waals surface area contributed by atoms with Crippen LogP contribution in [0.5, 0.6) is 0 Å². The Balaban J connectivity index is 2.47. The van der Waals surface area contributed by atoms with Crippen LogP contribution in [0.2, 0.25) is 20.1 Å². The molecule has 0 saturated heterocycles. The number of rotatable bonds is 0. The molecule has 0 saturated carbocycles. The van der Waals surface area contributed by atoms with E-state index in [1.807, 2.05) is 13.8 Å². The molecule has 0 spiro atoms. The van der Waals surface area contributed by atoms with Gasteiger partial charge in [-0.2, -0.15) is 0 Å². The number of halogens is 4. The van der Waals surface area contributed by atoms with Crippen molar-refractivity contribution in [2.45, 2.75) is 31.6 Å². The number of hydrogen-bond acceptors (Lipinski definition) is 1. The van der Waals surface area contributed by atoms with Gasteiger partial charge < -0.3 is 0 Å². The third-order valence-corrected chi connectivity index (χ3v) is 5.84. The lowest BCUT2D eigenvalue weighted by Gasteiger charge is -2.44. The largest absolute Gasteiger partial charge is 0.299 e. The van der Waals surface area contributed by atoms with Crippen LogP contribution in [-0.2, 0) is 10.2 Å². The first kappa shape index (κ1) is 13.8. The maximum absolute atomic E-state index is 12.3. The van der Waals surface area contributed by atoms with Gasteiger partial charge in [0.1, 0.15) is 5.78 Å². The van der Waals surface area contributed by atoms with E-state index >= 15 is 0 Å². The maximum Gasteiger partial charge on any atom is 0.145 e. The molecule has 19 heavy (non-hydrogen) atoms. The van der Waals surface area contributed by atoms with E-state index in [1.165, 1.54) is 0 Å². The number of Topliss-reactive ketones (excluding diaryl/α,β-unsaturated/α-hetero) is 1. The summed E-state index contributed by atoms with van der Waals surface area (Å²) < 4.78 is 0. The number of ketones is 1. The molecular weight excluding hydrogens is 326 g/mol. The molecule has 2 atom stereocenters. The number of carbonyl (C=O) groups is 1. The molecule has 4 rings (SSSR count). The van der Waals surface area contributed by atoms with Crippen LogP contribution < -0.4 is 0 Å². The third-order valence-electron chi connectivity index (χ3n) is 4.03. The fourth-order valence-corrected chi connectivity index (χ4v) is 4.57. The highest BCUT2D eigenvalue weighted by Gasteiger charge is 2.48. The smallest absolute Gasteiger partial charge is 0.145 e. The number of hydrogen-bond donors (Lipinski definition) is 0. The van der Waals surface area contributed by atoms with Crippen LogP contribution in [0, 0.1) is 0 Å². The maximum atomic E-state index is 12.3. The summed E-state index contributed by atoms with van der Waals surface area (Å²) in [6, 6.07) is 0. The van der Waals surface area contributed by atoms with Crippen LogP contribution in [0.25, 0.3) is 0 Å². The van der Waals surface area contributed by atoms with Crippen LogP contribution in [-0.4, -0.2) is 5.78 Å². The fraction of sp³-hybridized carbons (Fsp3) is 0.357. The zero-order valence-corrected chi connectivity index (χ0v) is 13.3. The van der Waals surface area contributed by atoms with Gasteiger partial charge in [0.05, 0.1) is 26.0 Å². The summed E-state index contributed by atoms with van der Waals surface area (Å²) in [4.78, 5) is 12.3. The molecule has 0 N–H and O–H groups in total. The minimum Gasteiger partial charge on any atom is -0.299 e. The van der Waals surface area contributed by atoms with Gasteiger partial charge in [0, 0.05) is 11.8 Å². The van der Waals surface area contributed by atoms with Gasteiger partial charge in [-0.15, -0.1) is 0 Å². The van der Waals surface area contributed by atoms with Gasteiger partial charge in [-0.3, -0.25) is 4.79 Å². The van der Waals surface area contributed by atoms with Crippen LogP contribution in [0.1, 0.15) is 37.3 Å². The molecule has 0 aliphatic heterocycles. The molecule has 3 aliphatic rings. The normalized spacial score (nSPS) is 28.4. The first-order valence-electron chi connectivity index (χ1n) is 5.86. The summed E-state index contributed by atoms with van der Waals surface area (Å²) >= 11 is 24.9. The lowest BCUT2D eigenvalue weighted by Crippen LogP contribution is -2.40. The molecule has 2 bridgehead atoms. The molecule has 0 heterocycles. The van der Waals surface area contributed by atoms with E-state index in [-0.39, 0.29) is 21.7 Å². The SMILES string of the molecule is CC1=C[C@@]2(C)CC(=O)[C@H]1c1c(Cl)c(Cl)c(Cl)c(Cl)c12. The molecule has 0 fully saturated rings. The second-order valence-corrected chi connectivity index (χ2v) is 6.94. The van der Waals surface area contributed by atoms with Crippen molar-refractivity contribution in [2.24, 2.45) is 0 Å². The van der Waals surface area contributed by atoms with Crippen molar-refractivity contribution in [2.75, 3.05) is 0 Å². The monoisotopic (exact) mass is 334 g/mol. The Labute approximate surface area is 131 Å². The van der Waals surface area contributed by atoms with Crippen LogP contribution in [0.15, 0.2) is 11.6 Å². The summed E-state index contributed by atoms with van der Waals surface area (Å²) in [5.41, 5.74) is 2.14. The molecule has 0 unspecified atom stereocenters. The Morgan fingerprint density at radius 1 is 1.11 bits per heavy atom. The zero-order chi connectivity index (χ0) is 14.1. The van der Waals surface area contributed by atoms with Crippen molar-refractivity contribution in [1.29, 1.82) is 0 Å². The lowest BCUT2D eigenvalue weighted by molar-refractivity contribution is -0.121. The molecule has 5 heteroatoms. The zero-order valence-electron chi connectivity index (χ0n) is 10.3. The Morgan fingerprint density at radius 2 is 1.68 bits per heavy atom. The summed E-state index contributed by atoms with van der Waals surface area (Å²) in [7, 11) is 0. The topological polar surface area (TPSA) is 17.1 Å². The van der Waals surface area contributed by atoms with E-state index in [0.29, 0.717) is 16.5 Å². The molecule has 0 radical (unpaired) electrons. The average molecular weight is 336 g/mol. The van der Waals surface area contributed by atoms with E-state index < -0.39 is 5.41 Å². The van der Waals surface area contributed by atoms with Gasteiger partial charge in [0.2, 0.25) is 0 Å². The van der Waals surface area contributed by atoms with E-state index in [9.17, 15) is 4.79 Å². The third kappa shape index (κ3) is 1.65. The van der Waals surface area contributed by atoms with Gasteiger partial charge in [0.15, 0.2) is 0 Å². The van der Waals surface area contributed by atoms with Crippen molar-refractivity contribution in [1.82, 2.24) is 0 Å². The van der Waals surface area contributed by atoms with Crippen molar-refractivity contribution < 1.29 is 4.79 Å². The van der Waals surface area contributed by atoms with Crippen molar-refractivity contribution >= 4 is 52.2 Å². The van der Waals surface area contributed by atoms with Crippen LogP contribution in [0.4, 0.5) is 0 Å². The highest BCUT2D eigenvalue weighted by molar-refractivity contribution is 6.52. The van der Waals surface area contributed by atoms with E-state index in [0.717, 1.165) is 16.7 Å². The highest BCUT2D eigenvalue weighted by atomic mass is 35.5. The number of benzene rings is 1. The van der Waals surface area contributed by atoms with Crippen LogP contribution >= 0.6 is 46.4 Å². The van der Waals surface area contributed by atoms with E-state index in [2.05, 4.69) is 6.08 Å². The fourth-order valence-electron chi connectivity index (χ4n) is 3.38. The first-order chi connectivity index (χ1) is 8.78. The minimum atomic E-state index is -0.444. The molecule has 1 aromatic rings. The van der Waals surface area contributed by atoms with Crippen LogP contribution in [0.3, 0.4) is 0 Å². The molecule has 1 aromatic carbocycles. The molecule has 0 aromatic heterocycles. The number of carbonyl (C=O) groups excluding carboxylic acids is 1. The standard InChI is InChI=1S/C14H10Cl4O/c1-5-3-14(2)4-6(19)7(5)8-9(14)11(16)13(18)12(17)10(8)15/h3,7H,4H2,1-2H3/t7-,14-/m0/s1. The predicted molar refractivity (Wildman–Crippen MR) is 80.0 cm³/mol. The van der Waals surface area contributed by atoms with Gasteiger partial charge in [-0.05, 0) is 18.1 Å². The lowest BCUT2D eigenvalue weighted by atomic mass is 9.60. The van der Waals surface area contributed by atoms with Gasteiger partial charge >= 0.3 is 0 Å². The van der Waals surface area contributed by atoms with Gasteiger partial charge in [-0.1, -0.05) is 65.0 Å². The Bertz CT molecular complexity index is 662. The highest BCUT2D eigenvalue weighted by Crippen LogP contribution is 2.57. The Kier molecular flexibility index (Phi) is 3.00. The second kappa shape index (κ2) is 4.14. The summed E-state index contributed by atoms with van der Waals surface area (Å²) in [6.07, 6.45) is 2.52. The average Bonchev–Trinajstić information content (AvgIpc) is 2.31. The molecule has 0 amide bonds. The quantitative estimate of drug-likeness (QED) is 0.344. The summed E-state index contributed by atoms with van der Waals surface area (Å²) in [5.74, 6) is -0.178. The molecular formula is C14H10Cl4O. The van der Waals surface area contributed by atoms with E-state index in [4.69, 9.17) is 46.4 Å².